The molecule has 1 aliphatic rings. The van der Waals surface area contributed by atoms with E-state index in [2.05, 4.69) is 10.3 Å². The van der Waals surface area contributed by atoms with Gasteiger partial charge in [-0.3, -0.25) is 9.78 Å². The van der Waals surface area contributed by atoms with E-state index in [1.54, 1.807) is 24.2 Å². The number of aromatic nitrogens is 1. The maximum absolute atomic E-state index is 12.1. The number of thioether (sulfide) groups is 1. The van der Waals surface area contributed by atoms with Gasteiger partial charge in [0.15, 0.2) is 11.5 Å². The molecule has 0 spiro atoms. The summed E-state index contributed by atoms with van der Waals surface area (Å²) < 4.78 is 11.1. The van der Waals surface area contributed by atoms with Crippen LogP contribution >= 0.6 is 11.8 Å². The molecule has 0 bridgehead atoms. The van der Waals surface area contributed by atoms with Gasteiger partial charge in [-0.2, -0.15) is 0 Å². The predicted octanol–water partition coefficient (Wildman–Crippen LogP) is 3.08. The number of carbonyl (C=O) groups is 1. The van der Waals surface area contributed by atoms with Crippen molar-refractivity contribution in [3.63, 3.8) is 0 Å². The van der Waals surface area contributed by atoms with E-state index in [0.717, 1.165) is 28.6 Å². The van der Waals surface area contributed by atoms with Gasteiger partial charge in [-0.1, -0.05) is 0 Å². The fourth-order valence-corrected chi connectivity index (χ4v) is 3.52. The zero-order valence-electron chi connectivity index (χ0n) is 14.2. The second kappa shape index (κ2) is 8.76. The summed E-state index contributed by atoms with van der Waals surface area (Å²) >= 11 is 1.65. The van der Waals surface area contributed by atoms with Crippen LogP contribution in [-0.2, 0) is 11.2 Å². The van der Waals surface area contributed by atoms with Gasteiger partial charge in [-0.15, -0.1) is 11.8 Å². The van der Waals surface area contributed by atoms with Crippen molar-refractivity contribution in [3.05, 3.63) is 48.3 Å². The predicted molar refractivity (Wildman–Crippen MR) is 98.3 cm³/mol. The number of pyridine rings is 1. The Morgan fingerprint density at radius 1 is 1.20 bits per heavy atom. The molecule has 2 heterocycles. The van der Waals surface area contributed by atoms with Crippen molar-refractivity contribution in [3.8, 4) is 11.5 Å². The quantitative estimate of drug-likeness (QED) is 0.771. The highest BCUT2D eigenvalue weighted by Gasteiger charge is 2.12. The van der Waals surface area contributed by atoms with E-state index in [1.807, 2.05) is 37.3 Å². The lowest BCUT2D eigenvalue weighted by Crippen LogP contribution is -2.34. The molecular formula is C19H22N2O3S. The Morgan fingerprint density at radius 2 is 1.96 bits per heavy atom. The summed E-state index contributed by atoms with van der Waals surface area (Å²) in [6, 6.07) is 9.95. The molecule has 0 unspecified atom stereocenters. The molecule has 0 saturated heterocycles. The highest BCUT2D eigenvalue weighted by atomic mass is 32.2. The monoisotopic (exact) mass is 358 g/mol. The Labute approximate surface area is 152 Å². The summed E-state index contributed by atoms with van der Waals surface area (Å²) in [6.45, 7) is 3.20. The SMILES string of the molecule is C[C@H](Cc1ccncc1)NC(=O)CCSc1ccc2c(c1)OCCO2. The number of fused-ring (bicyclic) bond motifs is 1. The van der Waals surface area contributed by atoms with Gasteiger partial charge in [0.25, 0.3) is 0 Å². The van der Waals surface area contributed by atoms with Gasteiger partial charge in [0.05, 0.1) is 0 Å². The normalized spacial score (nSPS) is 14.0. The number of carbonyl (C=O) groups excluding carboxylic acids is 1. The highest BCUT2D eigenvalue weighted by Crippen LogP contribution is 2.34. The van der Waals surface area contributed by atoms with Gasteiger partial charge in [0.2, 0.25) is 5.91 Å². The first-order chi connectivity index (χ1) is 12.2. The van der Waals surface area contributed by atoms with E-state index in [1.165, 1.54) is 5.56 Å². The second-order valence-corrected chi connectivity index (χ2v) is 7.10. The Kier molecular flexibility index (Phi) is 6.17. The van der Waals surface area contributed by atoms with E-state index in [4.69, 9.17) is 9.47 Å². The molecule has 1 N–H and O–H groups in total. The molecule has 132 valence electrons. The Morgan fingerprint density at radius 3 is 2.76 bits per heavy atom. The van der Waals surface area contributed by atoms with Gasteiger partial charge >= 0.3 is 0 Å². The maximum Gasteiger partial charge on any atom is 0.221 e. The van der Waals surface area contributed by atoms with Crippen LogP contribution in [0.15, 0.2) is 47.6 Å². The van der Waals surface area contributed by atoms with Gasteiger partial charge in [0, 0.05) is 35.5 Å². The van der Waals surface area contributed by atoms with Crippen LogP contribution in [0.3, 0.4) is 0 Å². The average molecular weight is 358 g/mol. The summed E-state index contributed by atoms with van der Waals surface area (Å²) in [5, 5.41) is 3.05. The fraction of sp³-hybridized carbons (Fsp3) is 0.368. The zero-order valence-corrected chi connectivity index (χ0v) is 15.1. The summed E-state index contributed by atoms with van der Waals surface area (Å²) in [7, 11) is 0. The van der Waals surface area contributed by atoms with Gasteiger partial charge < -0.3 is 14.8 Å². The topological polar surface area (TPSA) is 60.5 Å². The zero-order chi connectivity index (χ0) is 17.5. The molecule has 1 amide bonds. The van der Waals surface area contributed by atoms with Crippen LogP contribution < -0.4 is 14.8 Å². The minimum absolute atomic E-state index is 0.0756. The second-order valence-electron chi connectivity index (χ2n) is 5.93. The van der Waals surface area contributed by atoms with E-state index in [-0.39, 0.29) is 11.9 Å². The third kappa shape index (κ3) is 5.39. The number of nitrogens with zero attached hydrogens (tertiary/aromatic N) is 1. The van der Waals surface area contributed by atoms with Crippen LogP contribution in [0.4, 0.5) is 0 Å². The molecule has 1 atom stereocenters. The van der Waals surface area contributed by atoms with Crippen LogP contribution in [0, 0.1) is 0 Å². The van der Waals surface area contributed by atoms with Crippen molar-refractivity contribution >= 4 is 17.7 Å². The smallest absolute Gasteiger partial charge is 0.221 e. The van der Waals surface area contributed by atoms with E-state index < -0.39 is 0 Å². The average Bonchev–Trinajstić information content (AvgIpc) is 2.62. The molecule has 1 aliphatic heterocycles. The van der Waals surface area contributed by atoms with Crippen molar-refractivity contribution in [2.45, 2.75) is 30.7 Å². The maximum atomic E-state index is 12.1. The molecule has 0 saturated carbocycles. The van der Waals surface area contributed by atoms with Gasteiger partial charge in [0.1, 0.15) is 13.2 Å². The number of ether oxygens (including phenoxy) is 2. The summed E-state index contributed by atoms with van der Waals surface area (Å²) in [6.07, 6.45) is 4.84. The third-order valence-corrected chi connectivity index (χ3v) is 4.81. The number of nitrogens with one attached hydrogen (secondary N) is 1. The van der Waals surface area contributed by atoms with E-state index in [9.17, 15) is 4.79 Å². The summed E-state index contributed by atoms with van der Waals surface area (Å²) in [5.74, 6) is 2.38. The third-order valence-electron chi connectivity index (χ3n) is 3.81. The van der Waals surface area contributed by atoms with Crippen LogP contribution in [0.25, 0.3) is 0 Å². The molecule has 25 heavy (non-hydrogen) atoms. The molecule has 2 aromatic rings. The van der Waals surface area contributed by atoms with Gasteiger partial charge in [-0.25, -0.2) is 0 Å². The summed E-state index contributed by atoms with van der Waals surface area (Å²) in [4.78, 5) is 17.2. The molecular weight excluding hydrogens is 336 g/mol. The molecule has 0 radical (unpaired) electrons. The largest absolute Gasteiger partial charge is 0.486 e. The minimum atomic E-state index is 0.0756. The Hall–Kier alpha value is -2.21. The van der Waals surface area contributed by atoms with Crippen molar-refractivity contribution < 1.29 is 14.3 Å². The highest BCUT2D eigenvalue weighted by molar-refractivity contribution is 7.99. The Balaban J connectivity index is 1.40. The van der Waals surface area contributed by atoms with Crippen LogP contribution in [0.5, 0.6) is 11.5 Å². The lowest BCUT2D eigenvalue weighted by atomic mass is 10.1. The molecule has 5 nitrogen and oxygen atoms in total. The lowest BCUT2D eigenvalue weighted by molar-refractivity contribution is -0.121. The van der Waals surface area contributed by atoms with Crippen LogP contribution in [-0.4, -0.2) is 35.9 Å². The standard InChI is InChI=1S/C19H22N2O3S/c1-14(12-15-4-7-20-8-5-15)21-19(22)6-11-25-16-2-3-17-18(13-16)24-10-9-23-17/h2-5,7-8,13-14H,6,9-12H2,1H3,(H,21,22)/t14-/m1/s1. The molecule has 3 rings (SSSR count). The Bertz CT molecular complexity index is 709. The number of rotatable bonds is 7. The van der Waals surface area contributed by atoms with Crippen molar-refractivity contribution in [1.82, 2.24) is 10.3 Å². The first-order valence-electron chi connectivity index (χ1n) is 8.41. The van der Waals surface area contributed by atoms with E-state index >= 15 is 0 Å². The van der Waals surface area contributed by atoms with Crippen molar-refractivity contribution in [2.24, 2.45) is 0 Å². The number of hydrogen-bond acceptors (Lipinski definition) is 5. The van der Waals surface area contributed by atoms with Gasteiger partial charge in [-0.05, 0) is 49.2 Å². The molecule has 1 aromatic carbocycles. The minimum Gasteiger partial charge on any atom is -0.486 e. The van der Waals surface area contributed by atoms with Crippen molar-refractivity contribution in [1.29, 1.82) is 0 Å². The summed E-state index contributed by atoms with van der Waals surface area (Å²) in [5.41, 5.74) is 1.17. The molecule has 1 aromatic heterocycles. The first-order valence-corrected chi connectivity index (χ1v) is 9.40. The van der Waals surface area contributed by atoms with Crippen molar-refractivity contribution in [2.75, 3.05) is 19.0 Å². The van der Waals surface area contributed by atoms with Crippen LogP contribution in [0.2, 0.25) is 0 Å². The number of hydrogen-bond donors (Lipinski definition) is 1. The lowest BCUT2D eigenvalue weighted by Gasteiger charge is -2.18. The molecule has 6 heteroatoms. The fourth-order valence-electron chi connectivity index (χ4n) is 2.65. The first kappa shape index (κ1) is 17.6. The van der Waals surface area contributed by atoms with Crippen LogP contribution in [0.1, 0.15) is 18.9 Å². The number of amides is 1. The number of benzene rings is 1. The molecule has 0 aliphatic carbocycles. The van der Waals surface area contributed by atoms with E-state index in [0.29, 0.717) is 19.6 Å². The molecule has 0 fully saturated rings.